The molecule has 0 aliphatic rings. The smallest absolute Gasteiger partial charge is 0.271 e. The fraction of sp³-hybridized carbons (Fsp3) is 0.429. The van der Waals surface area contributed by atoms with Gasteiger partial charge in [0.2, 0.25) is 0 Å². The molecule has 1 aromatic rings. The first-order chi connectivity index (χ1) is 8.54. The molecular weight excluding hydrogens is 226 g/mol. The quantitative estimate of drug-likeness (QED) is 0.642. The van der Waals surface area contributed by atoms with Gasteiger partial charge >= 0.3 is 0 Å². The summed E-state index contributed by atoms with van der Waals surface area (Å²) in [6, 6.07) is 7.43. The van der Waals surface area contributed by atoms with E-state index in [1.807, 2.05) is 38.1 Å². The molecule has 1 aromatic carbocycles. The molecule has 18 heavy (non-hydrogen) atoms. The second-order valence-corrected chi connectivity index (χ2v) is 4.48. The van der Waals surface area contributed by atoms with Crippen LogP contribution in [-0.4, -0.2) is 25.7 Å². The lowest BCUT2D eigenvalue weighted by Crippen LogP contribution is -2.19. The van der Waals surface area contributed by atoms with Gasteiger partial charge in [-0.05, 0) is 37.6 Å². The van der Waals surface area contributed by atoms with Crippen molar-refractivity contribution in [2.24, 2.45) is 5.10 Å². The average Bonchev–Trinajstić information content (AvgIpc) is 2.36. The topological polar surface area (TPSA) is 44.7 Å². The molecule has 1 N–H and O–H groups in total. The van der Waals surface area contributed by atoms with Crippen LogP contribution >= 0.6 is 0 Å². The minimum absolute atomic E-state index is 0.171. The lowest BCUT2D eigenvalue weighted by Gasteiger charge is -2.12. The van der Waals surface area contributed by atoms with Crippen LogP contribution in [0.25, 0.3) is 0 Å². The number of anilines is 1. The van der Waals surface area contributed by atoms with Crippen LogP contribution in [0.2, 0.25) is 0 Å². The minimum Gasteiger partial charge on any atom is -0.378 e. The Hall–Kier alpha value is -1.84. The Morgan fingerprint density at radius 2 is 1.89 bits per heavy atom. The standard InChI is InChI=1S/C14H21N3O/c1-5-6-11(2)15-16-14(18)12-7-9-13(10-8-12)17(3)4/h7-10H,5-6H2,1-4H3,(H,16,18). The molecule has 1 rings (SSSR count). The number of hydrogen-bond donors (Lipinski definition) is 1. The number of nitrogens with zero attached hydrogens (tertiary/aromatic N) is 2. The predicted octanol–water partition coefficient (Wildman–Crippen LogP) is 2.66. The summed E-state index contributed by atoms with van der Waals surface area (Å²) in [6.07, 6.45) is 1.93. The van der Waals surface area contributed by atoms with Gasteiger partial charge in [0, 0.05) is 31.1 Å². The summed E-state index contributed by atoms with van der Waals surface area (Å²) in [6.45, 7) is 4.00. The summed E-state index contributed by atoms with van der Waals surface area (Å²) >= 11 is 0. The molecule has 0 bridgehead atoms. The Bertz CT molecular complexity index is 421. The zero-order valence-corrected chi connectivity index (χ0v) is 11.5. The third-order valence-corrected chi connectivity index (χ3v) is 2.61. The molecule has 0 spiro atoms. The number of amides is 1. The van der Waals surface area contributed by atoms with Crippen molar-refractivity contribution in [2.45, 2.75) is 26.7 Å². The van der Waals surface area contributed by atoms with E-state index in [-0.39, 0.29) is 5.91 Å². The Labute approximate surface area is 109 Å². The van der Waals surface area contributed by atoms with Crippen LogP contribution < -0.4 is 10.3 Å². The highest BCUT2D eigenvalue weighted by molar-refractivity contribution is 5.95. The molecule has 0 saturated carbocycles. The third-order valence-electron chi connectivity index (χ3n) is 2.61. The highest BCUT2D eigenvalue weighted by Gasteiger charge is 2.04. The molecule has 0 radical (unpaired) electrons. The van der Waals surface area contributed by atoms with Gasteiger partial charge < -0.3 is 4.90 Å². The van der Waals surface area contributed by atoms with Gasteiger partial charge in [-0.15, -0.1) is 0 Å². The van der Waals surface area contributed by atoms with Crippen molar-refractivity contribution >= 4 is 17.3 Å². The molecule has 4 nitrogen and oxygen atoms in total. The number of carbonyl (C=O) groups excluding carboxylic acids is 1. The van der Waals surface area contributed by atoms with Crippen LogP contribution in [-0.2, 0) is 0 Å². The maximum Gasteiger partial charge on any atom is 0.271 e. The second-order valence-electron chi connectivity index (χ2n) is 4.48. The summed E-state index contributed by atoms with van der Waals surface area (Å²) < 4.78 is 0. The van der Waals surface area contributed by atoms with E-state index in [0.717, 1.165) is 24.2 Å². The zero-order valence-electron chi connectivity index (χ0n) is 11.5. The molecular formula is C14H21N3O. The normalized spacial score (nSPS) is 11.2. The minimum atomic E-state index is -0.171. The molecule has 0 atom stereocenters. The molecule has 0 saturated heterocycles. The van der Waals surface area contributed by atoms with Crippen molar-refractivity contribution in [1.82, 2.24) is 5.43 Å². The third kappa shape index (κ3) is 4.20. The van der Waals surface area contributed by atoms with Crippen molar-refractivity contribution in [1.29, 1.82) is 0 Å². The van der Waals surface area contributed by atoms with Gasteiger partial charge in [-0.3, -0.25) is 4.79 Å². The fourth-order valence-electron chi connectivity index (χ4n) is 1.54. The number of benzene rings is 1. The number of nitrogens with one attached hydrogen (secondary N) is 1. The van der Waals surface area contributed by atoms with Gasteiger partial charge in [0.25, 0.3) is 5.91 Å². The maximum absolute atomic E-state index is 11.8. The van der Waals surface area contributed by atoms with Crippen molar-refractivity contribution in [3.63, 3.8) is 0 Å². The van der Waals surface area contributed by atoms with Crippen molar-refractivity contribution < 1.29 is 4.79 Å². The van der Waals surface area contributed by atoms with E-state index < -0.39 is 0 Å². The van der Waals surface area contributed by atoms with Gasteiger partial charge in [0.05, 0.1) is 0 Å². The summed E-state index contributed by atoms with van der Waals surface area (Å²) in [5, 5.41) is 4.05. The van der Waals surface area contributed by atoms with Crippen molar-refractivity contribution in [2.75, 3.05) is 19.0 Å². The highest BCUT2D eigenvalue weighted by Crippen LogP contribution is 2.12. The fourth-order valence-corrected chi connectivity index (χ4v) is 1.54. The van der Waals surface area contributed by atoms with Crippen LogP contribution in [0.1, 0.15) is 37.0 Å². The lowest BCUT2D eigenvalue weighted by atomic mass is 10.2. The van der Waals surface area contributed by atoms with Crippen LogP contribution in [0, 0.1) is 0 Å². The van der Waals surface area contributed by atoms with E-state index in [0.29, 0.717) is 5.56 Å². The zero-order chi connectivity index (χ0) is 13.5. The Kier molecular flexibility index (Phi) is 5.36. The van der Waals surface area contributed by atoms with Gasteiger partial charge in [0.1, 0.15) is 0 Å². The molecule has 4 heteroatoms. The Morgan fingerprint density at radius 1 is 1.28 bits per heavy atom. The van der Waals surface area contributed by atoms with E-state index in [2.05, 4.69) is 17.5 Å². The summed E-state index contributed by atoms with van der Waals surface area (Å²) in [5.74, 6) is -0.171. The summed E-state index contributed by atoms with van der Waals surface area (Å²) in [7, 11) is 3.93. The number of rotatable bonds is 5. The van der Waals surface area contributed by atoms with Crippen LogP contribution in [0.5, 0.6) is 0 Å². The first-order valence-electron chi connectivity index (χ1n) is 6.15. The molecule has 0 aromatic heterocycles. The molecule has 0 aliphatic heterocycles. The Morgan fingerprint density at radius 3 is 2.39 bits per heavy atom. The lowest BCUT2D eigenvalue weighted by molar-refractivity contribution is 0.0954. The van der Waals surface area contributed by atoms with E-state index in [4.69, 9.17) is 0 Å². The summed E-state index contributed by atoms with van der Waals surface area (Å²) in [4.78, 5) is 13.8. The van der Waals surface area contributed by atoms with Crippen LogP contribution in [0.4, 0.5) is 5.69 Å². The van der Waals surface area contributed by atoms with E-state index >= 15 is 0 Å². The largest absolute Gasteiger partial charge is 0.378 e. The number of carbonyl (C=O) groups is 1. The SMILES string of the molecule is CCCC(C)=NNC(=O)c1ccc(N(C)C)cc1. The van der Waals surface area contributed by atoms with E-state index in [1.165, 1.54) is 0 Å². The molecule has 98 valence electrons. The van der Waals surface area contributed by atoms with Crippen molar-refractivity contribution in [3.8, 4) is 0 Å². The van der Waals surface area contributed by atoms with Crippen LogP contribution in [0.3, 0.4) is 0 Å². The van der Waals surface area contributed by atoms with Crippen molar-refractivity contribution in [3.05, 3.63) is 29.8 Å². The molecule has 0 fully saturated rings. The molecule has 0 heterocycles. The maximum atomic E-state index is 11.8. The van der Waals surface area contributed by atoms with Gasteiger partial charge in [-0.1, -0.05) is 13.3 Å². The van der Waals surface area contributed by atoms with Gasteiger partial charge in [-0.25, -0.2) is 5.43 Å². The van der Waals surface area contributed by atoms with E-state index in [9.17, 15) is 4.79 Å². The van der Waals surface area contributed by atoms with Crippen LogP contribution in [0.15, 0.2) is 29.4 Å². The highest BCUT2D eigenvalue weighted by atomic mass is 16.2. The molecule has 0 aliphatic carbocycles. The average molecular weight is 247 g/mol. The van der Waals surface area contributed by atoms with Gasteiger partial charge in [-0.2, -0.15) is 5.10 Å². The monoisotopic (exact) mass is 247 g/mol. The first-order valence-corrected chi connectivity index (χ1v) is 6.15. The molecule has 1 amide bonds. The number of hydrogen-bond acceptors (Lipinski definition) is 3. The first kappa shape index (κ1) is 14.2. The summed E-state index contributed by atoms with van der Waals surface area (Å²) in [5.41, 5.74) is 5.19. The second kappa shape index (κ2) is 6.79. The Balaban J connectivity index is 2.65. The predicted molar refractivity (Wildman–Crippen MR) is 76.3 cm³/mol. The van der Waals surface area contributed by atoms with E-state index in [1.54, 1.807) is 12.1 Å². The molecule has 0 unspecified atom stereocenters. The number of hydrazone groups is 1. The van der Waals surface area contributed by atoms with Gasteiger partial charge in [0.15, 0.2) is 0 Å².